The van der Waals surface area contributed by atoms with Gasteiger partial charge in [0.2, 0.25) is 0 Å². The van der Waals surface area contributed by atoms with E-state index in [0.717, 1.165) is 22.9 Å². The molecule has 4 heteroatoms. The molecule has 1 unspecified atom stereocenters. The third-order valence-corrected chi connectivity index (χ3v) is 3.34. The third-order valence-electron chi connectivity index (χ3n) is 3.34. The van der Waals surface area contributed by atoms with Crippen LogP contribution in [-0.2, 0) is 0 Å². The molecule has 106 valence electrons. The van der Waals surface area contributed by atoms with Crippen molar-refractivity contribution in [3.63, 3.8) is 0 Å². The normalized spacial score (nSPS) is 12.2. The first-order chi connectivity index (χ1) is 9.49. The largest absolute Gasteiger partial charge is 0.491 e. The summed E-state index contributed by atoms with van der Waals surface area (Å²) in [5, 5.41) is 0. The Morgan fingerprint density at radius 3 is 2.60 bits per heavy atom. The van der Waals surface area contributed by atoms with E-state index in [1.807, 2.05) is 32.0 Å². The van der Waals surface area contributed by atoms with Gasteiger partial charge < -0.3 is 10.5 Å². The molecule has 0 saturated heterocycles. The summed E-state index contributed by atoms with van der Waals surface area (Å²) in [5.74, 6) is -0.543. The first-order valence-electron chi connectivity index (χ1n) is 6.38. The first kappa shape index (κ1) is 14.5. The lowest BCUT2D eigenvalue weighted by atomic mass is 10.1. The molecule has 0 bridgehead atoms. The summed E-state index contributed by atoms with van der Waals surface area (Å²) < 4.78 is 32.1. The Labute approximate surface area is 117 Å². The van der Waals surface area contributed by atoms with E-state index in [4.69, 9.17) is 10.5 Å². The molecule has 0 spiro atoms. The van der Waals surface area contributed by atoms with Gasteiger partial charge in [-0.15, -0.1) is 0 Å². The van der Waals surface area contributed by atoms with Crippen LogP contribution in [0.4, 0.5) is 8.78 Å². The van der Waals surface area contributed by atoms with Crippen molar-refractivity contribution < 1.29 is 13.5 Å². The fourth-order valence-corrected chi connectivity index (χ4v) is 1.95. The number of nitrogens with two attached hydrogens (primary N) is 1. The van der Waals surface area contributed by atoms with E-state index in [1.165, 1.54) is 12.1 Å². The Kier molecular flexibility index (Phi) is 4.35. The van der Waals surface area contributed by atoms with Gasteiger partial charge in [-0.1, -0.05) is 18.2 Å². The highest BCUT2D eigenvalue weighted by molar-refractivity contribution is 5.38. The van der Waals surface area contributed by atoms with E-state index in [0.29, 0.717) is 0 Å². The summed E-state index contributed by atoms with van der Waals surface area (Å²) in [6.45, 7) is 4.07. The molecular weight excluding hydrogens is 260 g/mol. The predicted octanol–water partition coefficient (Wildman–Crippen LogP) is 3.66. The standard InChI is InChI=1S/C16H17F2NO/c1-10-4-3-5-16(11(10)2)20-9-15(19)13-7-6-12(17)8-14(13)18/h3-8,15H,9,19H2,1-2H3. The number of rotatable bonds is 4. The topological polar surface area (TPSA) is 35.2 Å². The second kappa shape index (κ2) is 6.01. The molecule has 0 heterocycles. The Morgan fingerprint density at radius 2 is 1.90 bits per heavy atom. The second-order valence-corrected chi connectivity index (χ2v) is 4.78. The molecule has 0 aromatic heterocycles. The van der Waals surface area contributed by atoms with Gasteiger partial charge >= 0.3 is 0 Å². The summed E-state index contributed by atoms with van der Waals surface area (Å²) in [5.41, 5.74) is 8.28. The summed E-state index contributed by atoms with van der Waals surface area (Å²) in [7, 11) is 0. The summed E-state index contributed by atoms with van der Waals surface area (Å²) >= 11 is 0. The van der Waals surface area contributed by atoms with Gasteiger partial charge in [0.15, 0.2) is 0 Å². The third kappa shape index (κ3) is 3.14. The number of ether oxygens (including phenoxy) is 1. The van der Waals surface area contributed by atoms with Crippen LogP contribution in [-0.4, -0.2) is 6.61 Å². The molecule has 0 saturated carbocycles. The second-order valence-electron chi connectivity index (χ2n) is 4.78. The van der Waals surface area contributed by atoms with Gasteiger partial charge in [0, 0.05) is 11.6 Å². The number of hydrogen-bond acceptors (Lipinski definition) is 2. The molecule has 1 atom stereocenters. The van der Waals surface area contributed by atoms with Crippen molar-refractivity contribution in [2.75, 3.05) is 6.61 Å². The van der Waals surface area contributed by atoms with Crippen LogP contribution in [0.5, 0.6) is 5.75 Å². The predicted molar refractivity (Wildman–Crippen MR) is 74.7 cm³/mol. The highest BCUT2D eigenvalue weighted by atomic mass is 19.1. The molecular formula is C16H17F2NO. The molecule has 2 N–H and O–H groups in total. The molecule has 0 aliphatic carbocycles. The SMILES string of the molecule is Cc1cccc(OCC(N)c2ccc(F)cc2F)c1C. The number of benzene rings is 2. The fourth-order valence-electron chi connectivity index (χ4n) is 1.95. The van der Waals surface area contributed by atoms with Gasteiger partial charge in [-0.3, -0.25) is 0 Å². The van der Waals surface area contributed by atoms with E-state index in [2.05, 4.69) is 0 Å². The number of hydrogen-bond donors (Lipinski definition) is 1. The summed E-state index contributed by atoms with van der Waals surface area (Å²) in [6.07, 6.45) is 0. The Hall–Kier alpha value is -1.94. The molecule has 0 amide bonds. The van der Waals surface area contributed by atoms with Crippen LogP contribution in [0.2, 0.25) is 0 Å². The van der Waals surface area contributed by atoms with Crippen LogP contribution in [0.15, 0.2) is 36.4 Å². The zero-order chi connectivity index (χ0) is 14.7. The fraction of sp³-hybridized carbons (Fsp3) is 0.250. The molecule has 2 aromatic carbocycles. The molecule has 0 aliphatic rings. The summed E-state index contributed by atoms with van der Waals surface area (Å²) in [6, 6.07) is 8.44. The molecule has 0 aliphatic heterocycles. The Balaban J connectivity index is 2.08. The maximum Gasteiger partial charge on any atom is 0.131 e. The average molecular weight is 277 g/mol. The minimum atomic E-state index is -0.651. The van der Waals surface area contributed by atoms with Gasteiger partial charge in [-0.05, 0) is 37.1 Å². The van der Waals surface area contributed by atoms with Crippen molar-refractivity contribution in [2.24, 2.45) is 5.73 Å². The van der Waals surface area contributed by atoms with Crippen LogP contribution in [0.3, 0.4) is 0 Å². The molecule has 2 nitrogen and oxygen atoms in total. The van der Waals surface area contributed by atoms with Gasteiger partial charge in [0.1, 0.15) is 24.0 Å². The lowest BCUT2D eigenvalue weighted by molar-refractivity contribution is 0.285. The maximum atomic E-state index is 13.6. The van der Waals surface area contributed by atoms with Crippen molar-refractivity contribution in [3.8, 4) is 5.75 Å². The van der Waals surface area contributed by atoms with E-state index < -0.39 is 17.7 Å². The first-order valence-corrected chi connectivity index (χ1v) is 6.38. The minimum Gasteiger partial charge on any atom is -0.491 e. The lowest BCUT2D eigenvalue weighted by Crippen LogP contribution is -2.20. The Bertz CT molecular complexity index is 613. The smallest absolute Gasteiger partial charge is 0.131 e. The van der Waals surface area contributed by atoms with E-state index in [9.17, 15) is 8.78 Å². The molecule has 20 heavy (non-hydrogen) atoms. The van der Waals surface area contributed by atoms with Crippen LogP contribution in [0.1, 0.15) is 22.7 Å². The minimum absolute atomic E-state index is 0.132. The summed E-state index contributed by atoms with van der Waals surface area (Å²) in [4.78, 5) is 0. The van der Waals surface area contributed by atoms with Crippen LogP contribution < -0.4 is 10.5 Å². The lowest BCUT2D eigenvalue weighted by Gasteiger charge is -2.16. The van der Waals surface area contributed by atoms with Crippen molar-refractivity contribution in [3.05, 3.63) is 64.7 Å². The maximum absolute atomic E-state index is 13.6. The van der Waals surface area contributed by atoms with Crippen molar-refractivity contribution in [1.82, 2.24) is 0 Å². The van der Waals surface area contributed by atoms with E-state index in [-0.39, 0.29) is 12.2 Å². The highest BCUT2D eigenvalue weighted by Gasteiger charge is 2.13. The zero-order valence-corrected chi connectivity index (χ0v) is 11.5. The molecule has 2 rings (SSSR count). The van der Waals surface area contributed by atoms with Gasteiger partial charge in [-0.25, -0.2) is 8.78 Å². The highest BCUT2D eigenvalue weighted by Crippen LogP contribution is 2.23. The zero-order valence-electron chi connectivity index (χ0n) is 11.5. The van der Waals surface area contributed by atoms with Crippen LogP contribution in [0.25, 0.3) is 0 Å². The molecule has 2 aromatic rings. The Morgan fingerprint density at radius 1 is 1.15 bits per heavy atom. The van der Waals surface area contributed by atoms with Crippen molar-refractivity contribution in [1.29, 1.82) is 0 Å². The van der Waals surface area contributed by atoms with Crippen molar-refractivity contribution in [2.45, 2.75) is 19.9 Å². The van der Waals surface area contributed by atoms with Gasteiger partial charge in [0.05, 0.1) is 6.04 Å². The monoisotopic (exact) mass is 277 g/mol. The van der Waals surface area contributed by atoms with Crippen LogP contribution in [0, 0.1) is 25.5 Å². The average Bonchev–Trinajstić information content (AvgIpc) is 2.40. The number of halogens is 2. The van der Waals surface area contributed by atoms with Gasteiger partial charge in [-0.2, -0.15) is 0 Å². The molecule has 0 radical (unpaired) electrons. The molecule has 0 fully saturated rings. The van der Waals surface area contributed by atoms with Crippen LogP contribution >= 0.6 is 0 Å². The number of aryl methyl sites for hydroxylation is 1. The van der Waals surface area contributed by atoms with Gasteiger partial charge in [0.25, 0.3) is 0 Å². The van der Waals surface area contributed by atoms with Crippen molar-refractivity contribution >= 4 is 0 Å². The van der Waals surface area contributed by atoms with E-state index >= 15 is 0 Å². The van der Waals surface area contributed by atoms with E-state index in [1.54, 1.807) is 0 Å². The quantitative estimate of drug-likeness (QED) is 0.925.